The Bertz CT molecular complexity index is 761. The molecule has 2 heterocycles. The number of carbonyl (C=O) groups excluding carboxylic acids is 3. The SMILES string of the molecule is COC(=O)C1=C2C(=O)NC(C)CN2C(=O)NC1c1cccc(Br)c1. The number of hydrogen-bond donors (Lipinski definition) is 2. The molecule has 24 heavy (non-hydrogen) atoms. The Balaban J connectivity index is 2.18. The maximum Gasteiger partial charge on any atom is 0.338 e. The first-order valence-electron chi connectivity index (χ1n) is 7.39. The first kappa shape index (κ1) is 16.5. The van der Waals surface area contributed by atoms with E-state index in [4.69, 9.17) is 4.74 Å². The van der Waals surface area contributed by atoms with Crippen molar-refractivity contribution in [3.8, 4) is 0 Å². The predicted molar refractivity (Wildman–Crippen MR) is 88.8 cm³/mol. The summed E-state index contributed by atoms with van der Waals surface area (Å²) in [5.74, 6) is -1.10. The average molecular weight is 394 g/mol. The first-order chi connectivity index (χ1) is 11.4. The number of fused-ring (bicyclic) bond motifs is 1. The Morgan fingerprint density at radius 1 is 1.33 bits per heavy atom. The number of benzene rings is 1. The van der Waals surface area contributed by atoms with Gasteiger partial charge in [0.05, 0.1) is 18.7 Å². The number of halogens is 1. The smallest absolute Gasteiger partial charge is 0.338 e. The van der Waals surface area contributed by atoms with Crippen LogP contribution in [0.15, 0.2) is 40.0 Å². The molecule has 0 aromatic heterocycles. The van der Waals surface area contributed by atoms with Crippen LogP contribution in [0.1, 0.15) is 18.5 Å². The summed E-state index contributed by atoms with van der Waals surface area (Å²) in [5, 5.41) is 5.55. The molecule has 8 heteroatoms. The molecule has 3 amide bonds. The Kier molecular flexibility index (Phi) is 4.31. The van der Waals surface area contributed by atoms with Crippen LogP contribution in [0, 0.1) is 0 Å². The van der Waals surface area contributed by atoms with Gasteiger partial charge >= 0.3 is 12.0 Å². The minimum absolute atomic E-state index is 0.0497. The van der Waals surface area contributed by atoms with E-state index >= 15 is 0 Å². The van der Waals surface area contributed by atoms with Gasteiger partial charge in [0.1, 0.15) is 5.70 Å². The number of urea groups is 1. The molecule has 0 saturated carbocycles. The zero-order valence-corrected chi connectivity index (χ0v) is 14.7. The summed E-state index contributed by atoms with van der Waals surface area (Å²) in [6.45, 7) is 2.08. The quantitative estimate of drug-likeness (QED) is 0.744. The summed E-state index contributed by atoms with van der Waals surface area (Å²) in [6.07, 6.45) is 0. The fraction of sp³-hybridized carbons (Fsp3) is 0.312. The number of hydrogen-bond acceptors (Lipinski definition) is 4. The Hall–Kier alpha value is -2.35. The van der Waals surface area contributed by atoms with Crippen LogP contribution in [-0.2, 0) is 14.3 Å². The largest absolute Gasteiger partial charge is 0.466 e. The lowest BCUT2D eigenvalue weighted by molar-refractivity contribution is -0.137. The van der Waals surface area contributed by atoms with Crippen molar-refractivity contribution in [1.29, 1.82) is 0 Å². The van der Waals surface area contributed by atoms with Crippen LogP contribution in [0.3, 0.4) is 0 Å². The fourth-order valence-electron chi connectivity index (χ4n) is 2.95. The van der Waals surface area contributed by atoms with Crippen molar-refractivity contribution in [3.63, 3.8) is 0 Å². The summed E-state index contributed by atoms with van der Waals surface area (Å²) < 4.78 is 5.66. The molecule has 0 spiro atoms. The molecule has 0 bridgehead atoms. The second-order valence-corrected chi connectivity index (χ2v) is 6.59. The van der Waals surface area contributed by atoms with Crippen LogP contribution in [0.5, 0.6) is 0 Å². The van der Waals surface area contributed by atoms with Gasteiger partial charge in [0.2, 0.25) is 0 Å². The Morgan fingerprint density at radius 3 is 2.75 bits per heavy atom. The number of nitrogens with zero attached hydrogens (tertiary/aromatic N) is 1. The molecule has 1 aromatic rings. The van der Waals surface area contributed by atoms with Crippen molar-refractivity contribution in [1.82, 2.24) is 15.5 Å². The third kappa shape index (κ3) is 2.77. The van der Waals surface area contributed by atoms with Crippen LogP contribution >= 0.6 is 15.9 Å². The summed E-state index contributed by atoms with van der Waals surface area (Å²) in [7, 11) is 1.25. The number of ether oxygens (including phenoxy) is 1. The van der Waals surface area contributed by atoms with Gasteiger partial charge in [-0.15, -0.1) is 0 Å². The number of rotatable bonds is 2. The summed E-state index contributed by atoms with van der Waals surface area (Å²) in [4.78, 5) is 38.6. The fourth-order valence-corrected chi connectivity index (χ4v) is 3.37. The van der Waals surface area contributed by atoms with E-state index in [1.165, 1.54) is 12.0 Å². The molecule has 1 saturated heterocycles. The van der Waals surface area contributed by atoms with Gasteiger partial charge < -0.3 is 15.4 Å². The van der Waals surface area contributed by atoms with E-state index in [1.807, 2.05) is 6.07 Å². The highest BCUT2D eigenvalue weighted by Crippen LogP contribution is 2.33. The summed E-state index contributed by atoms with van der Waals surface area (Å²) in [6, 6.07) is 5.82. The van der Waals surface area contributed by atoms with E-state index in [9.17, 15) is 14.4 Å². The number of amides is 3. The molecule has 7 nitrogen and oxygen atoms in total. The predicted octanol–water partition coefficient (Wildman–Crippen LogP) is 1.46. The van der Waals surface area contributed by atoms with Crippen LogP contribution in [-0.4, -0.2) is 42.5 Å². The minimum Gasteiger partial charge on any atom is -0.466 e. The lowest BCUT2D eigenvalue weighted by Crippen LogP contribution is -2.59. The normalized spacial score (nSPS) is 23.4. The average Bonchev–Trinajstić information content (AvgIpc) is 2.54. The molecule has 2 unspecified atom stereocenters. The number of carbonyl (C=O) groups is 3. The van der Waals surface area contributed by atoms with Gasteiger partial charge in [0.15, 0.2) is 0 Å². The van der Waals surface area contributed by atoms with Gasteiger partial charge in [0, 0.05) is 17.1 Å². The lowest BCUT2D eigenvalue weighted by Gasteiger charge is -2.40. The van der Waals surface area contributed by atoms with Gasteiger partial charge in [0.25, 0.3) is 5.91 Å². The van der Waals surface area contributed by atoms with E-state index in [1.54, 1.807) is 25.1 Å². The van der Waals surface area contributed by atoms with E-state index in [0.29, 0.717) is 12.1 Å². The number of esters is 1. The molecular weight excluding hydrogens is 378 g/mol. The van der Waals surface area contributed by atoms with Gasteiger partial charge in [-0.25, -0.2) is 9.59 Å². The maximum absolute atomic E-state index is 12.5. The molecule has 1 fully saturated rings. The second-order valence-electron chi connectivity index (χ2n) is 5.68. The van der Waals surface area contributed by atoms with Crippen molar-refractivity contribution in [2.24, 2.45) is 0 Å². The minimum atomic E-state index is -0.757. The zero-order valence-electron chi connectivity index (χ0n) is 13.1. The van der Waals surface area contributed by atoms with Crippen molar-refractivity contribution < 1.29 is 19.1 Å². The monoisotopic (exact) mass is 393 g/mol. The van der Waals surface area contributed by atoms with Crippen molar-refractivity contribution in [2.45, 2.75) is 19.0 Å². The molecule has 2 atom stereocenters. The highest BCUT2D eigenvalue weighted by Gasteiger charge is 2.43. The van der Waals surface area contributed by atoms with Crippen molar-refractivity contribution >= 4 is 33.8 Å². The topological polar surface area (TPSA) is 87.7 Å². The zero-order chi connectivity index (χ0) is 17.4. The van der Waals surface area contributed by atoms with Gasteiger partial charge in [-0.05, 0) is 24.6 Å². The highest BCUT2D eigenvalue weighted by atomic mass is 79.9. The lowest BCUT2D eigenvalue weighted by atomic mass is 9.93. The first-order valence-corrected chi connectivity index (χ1v) is 8.18. The highest BCUT2D eigenvalue weighted by molar-refractivity contribution is 9.10. The third-order valence-electron chi connectivity index (χ3n) is 3.96. The molecule has 2 aliphatic rings. The van der Waals surface area contributed by atoms with Crippen LogP contribution < -0.4 is 10.6 Å². The second kappa shape index (κ2) is 6.27. The molecule has 0 aliphatic carbocycles. The molecule has 1 aromatic carbocycles. The van der Waals surface area contributed by atoms with Gasteiger partial charge in [-0.1, -0.05) is 28.1 Å². The molecule has 0 radical (unpaired) electrons. The maximum atomic E-state index is 12.5. The molecular formula is C16H16BrN3O4. The molecule has 2 N–H and O–H groups in total. The van der Waals surface area contributed by atoms with Gasteiger partial charge in [-0.3, -0.25) is 9.69 Å². The number of nitrogens with one attached hydrogen (secondary N) is 2. The molecule has 3 rings (SSSR count). The Morgan fingerprint density at radius 2 is 2.08 bits per heavy atom. The molecule has 126 valence electrons. The van der Waals surface area contributed by atoms with E-state index in [0.717, 1.165) is 4.47 Å². The molecule has 2 aliphatic heterocycles. The van der Waals surface area contributed by atoms with Gasteiger partial charge in [-0.2, -0.15) is 0 Å². The van der Waals surface area contributed by atoms with Crippen LogP contribution in [0.25, 0.3) is 0 Å². The van der Waals surface area contributed by atoms with Crippen molar-refractivity contribution in [2.75, 3.05) is 13.7 Å². The number of piperazine rings is 1. The summed E-state index contributed by atoms with van der Waals surface area (Å²) in [5.41, 5.74) is 0.852. The summed E-state index contributed by atoms with van der Waals surface area (Å²) >= 11 is 3.37. The third-order valence-corrected chi connectivity index (χ3v) is 4.46. The van der Waals surface area contributed by atoms with Crippen LogP contribution in [0.4, 0.5) is 4.79 Å². The van der Waals surface area contributed by atoms with E-state index in [2.05, 4.69) is 26.6 Å². The Labute approximate surface area is 147 Å². The van der Waals surface area contributed by atoms with E-state index in [-0.39, 0.29) is 17.3 Å². The number of methoxy groups -OCH3 is 1. The van der Waals surface area contributed by atoms with E-state index < -0.39 is 23.9 Å². The van der Waals surface area contributed by atoms with Crippen molar-refractivity contribution in [3.05, 3.63) is 45.6 Å². The van der Waals surface area contributed by atoms with Crippen LogP contribution in [0.2, 0.25) is 0 Å². The standard InChI is InChI=1S/C16H16BrN3O4/c1-8-7-20-13(14(21)18-8)11(15(22)24-2)12(19-16(20)23)9-4-3-5-10(17)6-9/h3-6,8,12H,7H2,1-2H3,(H,18,21)(H,19,23).